The minimum atomic E-state index is -0.475. The zero-order valence-corrected chi connectivity index (χ0v) is 20.0. The molecule has 1 amide bonds. The van der Waals surface area contributed by atoms with Crippen LogP contribution in [0.5, 0.6) is 0 Å². The van der Waals surface area contributed by atoms with Gasteiger partial charge in [0.1, 0.15) is 5.58 Å². The van der Waals surface area contributed by atoms with E-state index in [9.17, 15) is 9.59 Å². The molecule has 0 fully saturated rings. The summed E-state index contributed by atoms with van der Waals surface area (Å²) >= 11 is 6.06. The van der Waals surface area contributed by atoms with Gasteiger partial charge in [0.15, 0.2) is 11.2 Å². The largest absolute Gasteiger partial charge is 0.451 e. The minimum Gasteiger partial charge on any atom is -0.451 e. The van der Waals surface area contributed by atoms with Crippen LogP contribution in [0.25, 0.3) is 27.9 Å². The Morgan fingerprint density at radius 3 is 2.46 bits per heavy atom. The van der Waals surface area contributed by atoms with E-state index >= 15 is 0 Å². The molecule has 0 aliphatic heterocycles. The lowest BCUT2D eigenvalue weighted by Crippen LogP contribution is -2.24. The second-order valence-electron chi connectivity index (χ2n) is 8.38. The molecule has 0 spiro atoms. The second kappa shape index (κ2) is 9.24. The predicted molar refractivity (Wildman–Crippen MR) is 137 cm³/mol. The number of nitrogens with one attached hydrogen (secondary N) is 1. The number of hydrogen-bond acceptors (Lipinski definition) is 4. The van der Waals surface area contributed by atoms with Crippen molar-refractivity contribution in [2.45, 2.75) is 20.4 Å². The normalized spacial score (nSPS) is 11.1. The van der Waals surface area contributed by atoms with Crippen LogP contribution in [0.2, 0.25) is 5.02 Å². The maximum atomic E-state index is 12.9. The maximum Gasteiger partial charge on any atom is 0.287 e. The monoisotopic (exact) mass is 483 g/mol. The van der Waals surface area contributed by atoms with Gasteiger partial charge in [-0.3, -0.25) is 9.59 Å². The highest BCUT2D eigenvalue weighted by molar-refractivity contribution is 6.30. The summed E-state index contributed by atoms with van der Waals surface area (Å²) in [5.41, 5.74) is 5.41. The zero-order valence-electron chi connectivity index (χ0n) is 19.2. The molecular weight excluding hydrogens is 462 g/mol. The first-order chi connectivity index (χ1) is 16.9. The number of aryl methyl sites for hydroxylation is 2. The molecule has 0 atom stereocenters. The number of benzene rings is 3. The van der Waals surface area contributed by atoms with Gasteiger partial charge >= 0.3 is 0 Å². The molecule has 3 aromatic carbocycles. The highest BCUT2D eigenvalue weighted by Crippen LogP contribution is 2.25. The van der Waals surface area contributed by atoms with E-state index in [1.54, 1.807) is 28.9 Å². The Balaban J connectivity index is 1.46. The molecule has 0 aliphatic carbocycles. The van der Waals surface area contributed by atoms with Crippen LogP contribution in [-0.4, -0.2) is 15.7 Å². The second-order valence-corrected chi connectivity index (χ2v) is 8.82. The molecule has 6 nitrogen and oxygen atoms in total. The molecule has 0 bridgehead atoms. The van der Waals surface area contributed by atoms with Crippen LogP contribution in [-0.2, 0) is 6.54 Å². The van der Waals surface area contributed by atoms with Crippen molar-refractivity contribution in [2.75, 3.05) is 0 Å². The van der Waals surface area contributed by atoms with E-state index in [4.69, 9.17) is 21.1 Å². The number of amides is 1. The van der Waals surface area contributed by atoms with Crippen molar-refractivity contribution in [3.63, 3.8) is 0 Å². The minimum absolute atomic E-state index is 0.0331. The van der Waals surface area contributed by atoms with Gasteiger partial charge in [-0.25, -0.2) is 4.68 Å². The molecule has 2 heterocycles. The molecule has 0 saturated carbocycles. The molecule has 5 aromatic rings. The molecule has 0 aliphatic rings. The highest BCUT2D eigenvalue weighted by atomic mass is 35.5. The molecule has 0 radical (unpaired) electrons. The predicted octanol–water partition coefficient (Wildman–Crippen LogP) is 5.85. The number of aromatic nitrogens is 2. The van der Waals surface area contributed by atoms with Gasteiger partial charge in [0.2, 0.25) is 0 Å². The summed E-state index contributed by atoms with van der Waals surface area (Å²) in [4.78, 5) is 25.6. The first-order valence-electron chi connectivity index (χ1n) is 11.1. The SMILES string of the molecule is Cc1cc2oc(C(=O)NCc3cn(-c4ccccc4)nc3-c3ccc(Cl)cc3)cc(=O)c2cc1C. The Bertz CT molecular complexity index is 1600. The average molecular weight is 484 g/mol. The summed E-state index contributed by atoms with van der Waals surface area (Å²) < 4.78 is 7.55. The van der Waals surface area contributed by atoms with Gasteiger partial charge in [-0.1, -0.05) is 41.9 Å². The number of fused-ring (bicyclic) bond motifs is 1. The standard InChI is InChI=1S/C28H22ClN3O3/c1-17-12-23-24(33)14-26(35-25(23)13-18(17)2)28(34)30-15-20-16-32(22-6-4-3-5-7-22)31-27(20)19-8-10-21(29)11-9-19/h3-14,16H,15H2,1-2H3,(H,30,34). The van der Waals surface area contributed by atoms with Crippen molar-refractivity contribution in [3.8, 4) is 16.9 Å². The van der Waals surface area contributed by atoms with Gasteiger partial charge in [0, 0.05) is 35.0 Å². The lowest BCUT2D eigenvalue weighted by molar-refractivity contribution is 0.0924. The summed E-state index contributed by atoms with van der Waals surface area (Å²) in [6, 6.07) is 21.9. The quantitative estimate of drug-likeness (QED) is 0.340. The molecule has 0 saturated heterocycles. The van der Waals surface area contributed by atoms with Gasteiger partial charge in [0.05, 0.1) is 16.8 Å². The Hall–Kier alpha value is -4.16. The first kappa shape index (κ1) is 22.6. The van der Waals surface area contributed by atoms with Gasteiger partial charge in [-0.2, -0.15) is 5.10 Å². The molecule has 1 N–H and O–H groups in total. The zero-order chi connectivity index (χ0) is 24.5. The Kier molecular flexibility index (Phi) is 5.97. The van der Waals surface area contributed by atoms with E-state index in [0.29, 0.717) is 16.0 Å². The van der Waals surface area contributed by atoms with E-state index in [2.05, 4.69) is 5.32 Å². The van der Waals surface area contributed by atoms with Gasteiger partial charge in [-0.05, 0) is 61.4 Å². The summed E-state index contributed by atoms with van der Waals surface area (Å²) in [5.74, 6) is -0.508. The smallest absolute Gasteiger partial charge is 0.287 e. The molecule has 5 rings (SSSR count). The van der Waals surface area contributed by atoms with Gasteiger partial charge < -0.3 is 9.73 Å². The number of nitrogens with zero attached hydrogens (tertiary/aromatic N) is 2. The molecule has 7 heteroatoms. The van der Waals surface area contributed by atoms with Crippen molar-refractivity contribution >= 4 is 28.5 Å². The number of carbonyl (C=O) groups excluding carboxylic acids is 1. The van der Waals surface area contributed by atoms with Crippen LogP contribution >= 0.6 is 11.6 Å². The number of carbonyl (C=O) groups is 1. The van der Waals surface area contributed by atoms with Crippen LogP contribution in [0.15, 0.2) is 88.2 Å². The van der Waals surface area contributed by atoms with E-state index in [0.717, 1.165) is 33.6 Å². The molecule has 2 aromatic heterocycles. The Morgan fingerprint density at radius 2 is 1.71 bits per heavy atom. The third-order valence-corrected chi connectivity index (χ3v) is 6.19. The molecule has 35 heavy (non-hydrogen) atoms. The third-order valence-electron chi connectivity index (χ3n) is 5.94. The number of para-hydroxylation sites is 1. The number of hydrogen-bond donors (Lipinski definition) is 1. The van der Waals surface area contributed by atoms with Crippen LogP contribution in [0.1, 0.15) is 27.2 Å². The van der Waals surface area contributed by atoms with Crippen molar-refractivity contribution in [1.82, 2.24) is 15.1 Å². The van der Waals surface area contributed by atoms with E-state index < -0.39 is 5.91 Å². The highest BCUT2D eigenvalue weighted by Gasteiger charge is 2.17. The van der Waals surface area contributed by atoms with Crippen molar-refractivity contribution < 1.29 is 9.21 Å². The van der Waals surface area contributed by atoms with Gasteiger partial charge in [-0.15, -0.1) is 0 Å². The lowest BCUT2D eigenvalue weighted by Gasteiger charge is -2.07. The molecule has 174 valence electrons. The summed E-state index contributed by atoms with van der Waals surface area (Å²) in [6.45, 7) is 4.06. The summed E-state index contributed by atoms with van der Waals surface area (Å²) in [5, 5.41) is 8.71. The van der Waals surface area contributed by atoms with Crippen molar-refractivity contribution in [2.24, 2.45) is 0 Å². The van der Waals surface area contributed by atoms with Crippen molar-refractivity contribution in [1.29, 1.82) is 0 Å². The lowest BCUT2D eigenvalue weighted by atomic mass is 10.1. The van der Waals surface area contributed by atoms with Crippen LogP contribution < -0.4 is 10.7 Å². The number of halogens is 1. The van der Waals surface area contributed by atoms with Gasteiger partial charge in [0.25, 0.3) is 5.91 Å². The number of rotatable bonds is 5. The van der Waals surface area contributed by atoms with E-state index in [1.807, 2.05) is 62.5 Å². The molecular formula is C28H22ClN3O3. The molecule has 0 unspecified atom stereocenters. The van der Waals surface area contributed by atoms with Crippen molar-refractivity contribution in [3.05, 3.63) is 117 Å². The first-order valence-corrected chi connectivity index (χ1v) is 11.5. The third kappa shape index (κ3) is 4.61. The maximum absolute atomic E-state index is 12.9. The van der Waals surface area contributed by atoms with Crippen LogP contribution in [0.3, 0.4) is 0 Å². The Morgan fingerprint density at radius 1 is 1.00 bits per heavy atom. The summed E-state index contributed by atoms with van der Waals surface area (Å²) in [7, 11) is 0. The van der Waals surface area contributed by atoms with Crippen LogP contribution in [0, 0.1) is 13.8 Å². The topological polar surface area (TPSA) is 77.1 Å². The fourth-order valence-corrected chi connectivity index (χ4v) is 4.01. The summed E-state index contributed by atoms with van der Waals surface area (Å²) in [6.07, 6.45) is 1.88. The van der Waals surface area contributed by atoms with Crippen LogP contribution in [0.4, 0.5) is 0 Å². The fraction of sp³-hybridized carbons (Fsp3) is 0.107. The van der Waals surface area contributed by atoms with E-state index in [1.165, 1.54) is 6.07 Å². The Labute approximate surface area is 206 Å². The average Bonchev–Trinajstić information content (AvgIpc) is 3.29. The fourth-order valence-electron chi connectivity index (χ4n) is 3.89. The van der Waals surface area contributed by atoms with E-state index in [-0.39, 0.29) is 17.7 Å².